The van der Waals surface area contributed by atoms with Gasteiger partial charge in [-0.05, 0) is 46.5 Å². The van der Waals surface area contributed by atoms with Gasteiger partial charge in [-0.1, -0.05) is 74.4 Å². The van der Waals surface area contributed by atoms with Crippen LogP contribution >= 0.6 is 11.3 Å². The van der Waals surface area contributed by atoms with Gasteiger partial charge in [-0.15, -0.1) is 11.3 Å². The molecular formula is C29H27N3O2S. The molecule has 0 aliphatic carbocycles. The van der Waals surface area contributed by atoms with Gasteiger partial charge in [0, 0.05) is 17.5 Å². The Hall–Kier alpha value is -3.95. The standard InChI is InChI=1S/C29H27N3O2S/c1-2-3-6-16-34-25-14-12-21(13-15-25)17-24(19-30)28(33)32-29-31-20-26(35-29)18-23-10-7-9-22-8-4-5-11-27(22)23/h4-5,7-15,17,20H,2-3,6,16,18H2,1H3,(H,31,32,33)/b24-17+. The van der Waals surface area contributed by atoms with E-state index in [0.29, 0.717) is 11.7 Å². The Kier molecular flexibility index (Phi) is 8.26. The summed E-state index contributed by atoms with van der Waals surface area (Å²) in [5.74, 6) is 0.307. The van der Waals surface area contributed by atoms with Crippen molar-refractivity contribution >= 4 is 39.2 Å². The Morgan fingerprint density at radius 2 is 1.89 bits per heavy atom. The van der Waals surface area contributed by atoms with Crippen molar-refractivity contribution in [1.82, 2.24) is 4.98 Å². The predicted octanol–water partition coefficient (Wildman–Crippen LogP) is 7.00. The summed E-state index contributed by atoms with van der Waals surface area (Å²) in [6.45, 7) is 2.84. The van der Waals surface area contributed by atoms with Crippen molar-refractivity contribution in [2.24, 2.45) is 0 Å². The number of ether oxygens (including phenoxy) is 1. The highest BCUT2D eigenvalue weighted by Gasteiger charge is 2.13. The Bertz CT molecular complexity index is 1360. The van der Waals surface area contributed by atoms with Gasteiger partial charge in [0.2, 0.25) is 0 Å². The molecule has 4 aromatic rings. The number of fused-ring (bicyclic) bond motifs is 1. The molecule has 3 aromatic carbocycles. The Morgan fingerprint density at radius 1 is 1.09 bits per heavy atom. The Morgan fingerprint density at radius 3 is 2.69 bits per heavy atom. The number of anilines is 1. The van der Waals surface area contributed by atoms with Crippen LogP contribution in [0.25, 0.3) is 16.8 Å². The van der Waals surface area contributed by atoms with Crippen LogP contribution in [-0.2, 0) is 11.2 Å². The highest BCUT2D eigenvalue weighted by molar-refractivity contribution is 7.15. The van der Waals surface area contributed by atoms with E-state index in [-0.39, 0.29) is 5.57 Å². The maximum atomic E-state index is 12.7. The molecule has 0 radical (unpaired) electrons. The highest BCUT2D eigenvalue weighted by Crippen LogP contribution is 2.26. The van der Waals surface area contributed by atoms with Crippen molar-refractivity contribution in [3.05, 3.63) is 94.5 Å². The highest BCUT2D eigenvalue weighted by atomic mass is 32.1. The third-order valence-electron chi connectivity index (χ3n) is 5.59. The molecule has 0 aliphatic rings. The molecule has 1 N–H and O–H groups in total. The van der Waals surface area contributed by atoms with Gasteiger partial charge >= 0.3 is 0 Å². The molecule has 0 fully saturated rings. The quantitative estimate of drug-likeness (QED) is 0.150. The average Bonchev–Trinajstić information content (AvgIpc) is 3.32. The summed E-state index contributed by atoms with van der Waals surface area (Å²) in [5, 5.41) is 15.2. The smallest absolute Gasteiger partial charge is 0.268 e. The molecule has 0 spiro atoms. The minimum atomic E-state index is -0.474. The number of hydrogen-bond donors (Lipinski definition) is 1. The first-order valence-electron chi connectivity index (χ1n) is 11.7. The molecule has 1 amide bonds. The lowest BCUT2D eigenvalue weighted by Gasteiger charge is -2.06. The van der Waals surface area contributed by atoms with Crippen LogP contribution in [-0.4, -0.2) is 17.5 Å². The number of carbonyl (C=O) groups is 1. The first-order chi connectivity index (χ1) is 17.2. The number of hydrogen-bond acceptors (Lipinski definition) is 5. The van der Waals surface area contributed by atoms with Crippen molar-refractivity contribution in [1.29, 1.82) is 5.26 Å². The molecule has 176 valence electrons. The van der Waals surface area contributed by atoms with Crippen molar-refractivity contribution in [2.75, 3.05) is 11.9 Å². The summed E-state index contributed by atoms with van der Waals surface area (Å²) in [5.41, 5.74) is 1.99. The van der Waals surface area contributed by atoms with Crippen LogP contribution < -0.4 is 10.1 Å². The van der Waals surface area contributed by atoms with Gasteiger partial charge in [0.1, 0.15) is 17.4 Å². The molecule has 0 unspecified atom stereocenters. The minimum Gasteiger partial charge on any atom is -0.494 e. The van der Waals surface area contributed by atoms with Gasteiger partial charge in [0.25, 0.3) is 5.91 Å². The number of nitriles is 1. The zero-order valence-electron chi connectivity index (χ0n) is 19.7. The van der Waals surface area contributed by atoms with Gasteiger partial charge in [-0.25, -0.2) is 4.98 Å². The molecule has 5 nitrogen and oxygen atoms in total. The molecule has 4 rings (SSSR count). The fourth-order valence-electron chi connectivity index (χ4n) is 3.76. The zero-order valence-corrected chi connectivity index (χ0v) is 20.5. The number of thiazole rings is 1. The van der Waals surface area contributed by atoms with Crippen LogP contribution in [0.1, 0.15) is 42.2 Å². The number of nitrogens with one attached hydrogen (secondary N) is 1. The SMILES string of the molecule is CCCCCOc1ccc(/C=C(\C#N)C(=O)Nc2ncc(Cc3cccc4ccccc34)s2)cc1. The molecule has 35 heavy (non-hydrogen) atoms. The van der Waals surface area contributed by atoms with Gasteiger partial charge in [-0.2, -0.15) is 5.26 Å². The van der Waals surface area contributed by atoms with Gasteiger partial charge in [0.05, 0.1) is 6.61 Å². The maximum absolute atomic E-state index is 12.7. The van der Waals surface area contributed by atoms with Crippen LogP contribution in [0.3, 0.4) is 0 Å². The normalized spacial score (nSPS) is 11.3. The largest absolute Gasteiger partial charge is 0.494 e. The number of benzene rings is 3. The van der Waals surface area contributed by atoms with Crippen molar-refractivity contribution in [3.63, 3.8) is 0 Å². The molecular weight excluding hydrogens is 454 g/mol. The number of rotatable bonds is 10. The van der Waals surface area contributed by atoms with Crippen LogP contribution in [0.4, 0.5) is 5.13 Å². The summed E-state index contributed by atoms with van der Waals surface area (Å²) in [4.78, 5) is 18.1. The topological polar surface area (TPSA) is 75.0 Å². The van der Waals surface area contributed by atoms with Gasteiger partial charge in [-0.3, -0.25) is 10.1 Å². The molecule has 0 aliphatic heterocycles. The first kappa shape index (κ1) is 24.2. The lowest BCUT2D eigenvalue weighted by atomic mass is 10.0. The molecule has 0 saturated carbocycles. The van der Waals surface area contributed by atoms with E-state index in [2.05, 4.69) is 47.6 Å². The fraction of sp³-hybridized carbons (Fsp3) is 0.207. The fourth-order valence-corrected chi connectivity index (χ4v) is 4.59. The van der Waals surface area contributed by atoms with Crippen LogP contribution in [0, 0.1) is 11.3 Å². The van der Waals surface area contributed by atoms with Crippen LogP contribution in [0.5, 0.6) is 5.75 Å². The van der Waals surface area contributed by atoms with Gasteiger partial charge in [0.15, 0.2) is 5.13 Å². The maximum Gasteiger partial charge on any atom is 0.268 e. The monoisotopic (exact) mass is 481 g/mol. The molecule has 1 heterocycles. The van der Waals surface area contributed by atoms with E-state index in [1.54, 1.807) is 12.3 Å². The molecule has 0 saturated heterocycles. The second-order valence-electron chi connectivity index (χ2n) is 8.20. The van der Waals surface area contributed by atoms with Gasteiger partial charge < -0.3 is 4.74 Å². The summed E-state index contributed by atoms with van der Waals surface area (Å²) >= 11 is 1.42. The zero-order chi connectivity index (χ0) is 24.5. The predicted molar refractivity (Wildman–Crippen MR) is 143 cm³/mol. The third kappa shape index (κ3) is 6.56. The Labute approximate surface area is 209 Å². The molecule has 1 aromatic heterocycles. The number of carbonyl (C=O) groups excluding carboxylic acids is 1. The average molecular weight is 482 g/mol. The van der Waals surface area contributed by atoms with E-state index < -0.39 is 5.91 Å². The van der Waals surface area contributed by atoms with E-state index in [9.17, 15) is 10.1 Å². The van der Waals surface area contributed by atoms with E-state index in [1.807, 2.05) is 42.5 Å². The van der Waals surface area contributed by atoms with E-state index in [4.69, 9.17) is 4.74 Å². The van der Waals surface area contributed by atoms with Crippen molar-refractivity contribution < 1.29 is 9.53 Å². The van der Waals surface area contributed by atoms with E-state index in [0.717, 1.165) is 41.9 Å². The summed E-state index contributed by atoms with van der Waals surface area (Å²) < 4.78 is 5.72. The Balaban J connectivity index is 1.39. The summed E-state index contributed by atoms with van der Waals surface area (Å²) in [6, 6.07) is 23.9. The lowest BCUT2D eigenvalue weighted by molar-refractivity contribution is -0.112. The summed E-state index contributed by atoms with van der Waals surface area (Å²) in [6.07, 6.45) is 7.39. The minimum absolute atomic E-state index is 0.0208. The second-order valence-corrected chi connectivity index (χ2v) is 9.31. The van der Waals surface area contributed by atoms with Crippen molar-refractivity contribution in [2.45, 2.75) is 32.6 Å². The second kappa shape index (κ2) is 12.0. The third-order valence-corrected chi connectivity index (χ3v) is 6.50. The number of nitrogens with zero attached hydrogens (tertiary/aromatic N) is 2. The molecule has 0 atom stereocenters. The molecule has 0 bridgehead atoms. The number of aromatic nitrogens is 1. The number of unbranched alkanes of at least 4 members (excludes halogenated alkanes) is 2. The number of amides is 1. The summed E-state index contributed by atoms with van der Waals surface area (Å²) in [7, 11) is 0. The van der Waals surface area contributed by atoms with E-state index >= 15 is 0 Å². The van der Waals surface area contributed by atoms with E-state index in [1.165, 1.54) is 27.7 Å². The van der Waals surface area contributed by atoms with Crippen LogP contribution in [0.15, 0.2) is 78.5 Å². The lowest BCUT2D eigenvalue weighted by Crippen LogP contribution is -2.13. The molecule has 6 heteroatoms. The first-order valence-corrected chi connectivity index (χ1v) is 12.6. The van der Waals surface area contributed by atoms with Crippen molar-refractivity contribution in [3.8, 4) is 11.8 Å². The van der Waals surface area contributed by atoms with Crippen LogP contribution in [0.2, 0.25) is 0 Å².